The van der Waals surface area contributed by atoms with E-state index in [0.717, 1.165) is 0 Å². The van der Waals surface area contributed by atoms with E-state index < -0.39 is 0 Å². The summed E-state index contributed by atoms with van der Waals surface area (Å²) < 4.78 is 10.2. The van der Waals surface area contributed by atoms with Crippen molar-refractivity contribution in [1.29, 1.82) is 0 Å². The van der Waals surface area contributed by atoms with Crippen molar-refractivity contribution < 1.29 is 14.3 Å². The van der Waals surface area contributed by atoms with E-state index in [2.05, 4.69) is 11.4 Å². The van der Waals surface area contributed by atoms with Crippen LogP contribution in [-0.4, -0.2) is 20.1 Å². The van der Waals surface area contributed by atoms with Gasteiger partial charge in [-0.2, -0.15) is 0 Å². The molecule has 0 aliphatic rings. The van der Waals surface area contributed by atoms with Crippen LogP contribution in [0.5, 0.6) is 11.5 Å². The van der Waals surface area contributed by atoms with Gasteiger partial charge in [0.15, 0.2) is 11.5 Å². The van der Waals surface area contributed by atoms with Gasteiger partial charge in [-0.05, 0) is 18.2 Å². The summed E-state index contributed by atoms with van der Waals surface area (Å²) in [6.45, 7) is 1.43. The second kappa shape index (κ2) is 4.50. The highest BCUT2D eigenvalue weighted by Crippen LogP contribution is 2.34. The quantitative estimate of drug-likeness (QED) is 0.792. The normalized spacial score (nSPS) is 9.36. The van der Waals surface area contributed by atoms with Crippen LogP contribution in [0.4, 0.5) is 5.69 Å². The molecule has 4 nitrogen and oxygen atoms in total. The van der Waals surface area contributed by atoms with E-state index >= 15 is 0 Å². The fourth-order valence-corrected chi connectivity index (χ4v) is 1.11. The average Bonchev–Trinajstić information content (AvgIpc) is 2.16. The summed E-state index contributed by atoms with van der Waals surface area (Å²) in [6, 6.07) is 6.11. The molecule has 0 aliphatic carbocycles. The molecule has 75 valence electrons. The molecule has 1 rings (SSSR count). The Balaban J connectivity index is 3.08. The number of benzene rings is 1. The Bertz CT molecular complexity index is 336. The molecule has 4 heteroatoms. The van der Waals surface area contributed by atoms with Crippen LogP contribution in [0.25, 0.3) is 0 Å². The lowest BCUT2D eigenvalue weighted by Gasteiger charge is -2.11. The maximum absolute atomic E-state index is 10.9. The number of ether oxygens (including phenoxy) is 2. The molecule has 0 bridgehead atoms. The molecule has 0 saturated heterocycles. The Morgan fingerprint density at radius 2 is 2.07 bits per heavy atom. The molecule has 1 amide bonds. The predicted octanol–water partition coefficient (Wildman–Crippen LogP) is 1.46. The summed E-state index contributed by atoms with van der Waals surface area (Å²) in [6.07, 6.45) is 0. The second-order valence-electron chi connectivity index (χ2n) is 2.65. The molecule has 1 N–H and O–H groups in total. The van der Waals surface area contributed by atoms with Gasteiger partial charge in [-0.1, -0.05) is 0 Å². The van der Waals surface area contributed by atoms with Crippen LogP contribution in [0.2, 0.25) is 0 Å². The number of carbonyl (C=O) groups is 1. The maximum atomic E-state index is 10.9. The lowest BCUT2D eigenvalue weighted by molar-refractivity contribution is -0.114. The molecule has 0 heterocycles. The minimum absolute atomic E-state index is 0.162. The summed E-state index contributed by atoms with van der Waals surface area (Å²) in [4.78, 5) is 10.9. The lowest BCUT2D eigenvalue weighted by Crippen LogP contribution is -2.07. The topological polar surface area (TPSA) is 47.6 Å². The largest absolute Gasteiger partial charge is 0.493 e. The summed E-state index contributed by atoms with van der Waals surface area (Å²) in [5.41, 5.74) is 0.555. The van der Waals surface area contributed by atoms with Crippen molar-refractivity contribution in [2.45, 2.75) is 6.92 Å². The van der Waals surface area contributed by atoms with Gasteiger partial charge in [0.2, 0.25) is 5.91 Å². The molecule has 0 fully saturated rings. The SMILES string of the molecule is COc1c[c]cc(NC(C)=O)c1OC. The van der Waals surface area contributed by atoms with Crippen molar-refractivity contribution in [2.75, 3.05) is 19.5 Å². The van der Waals surface area contributed by atoms with Gasteiger partial charge < -0.3 is 14.8 Å². The Hall–Kier alpha value is -1.71. The zero-order chi connectivity index (χ0) is 10.6. The first-order valence-electron chi connectivity index (χ1n) is 4.08. The molecule has 0 unspecified atom stereocenters. The van der Waals surface area contributed by atoms with E-state index in [4.69, 9.17) is 9.47 Å². The van der Waals surface area contributed by atoms with Gasteiger partial charge in [0, 0.05) is 6.92 Å². The fourth-order valence-electron chi connectivity index (χ4n) is 1.11. The molecular weight excluding hydrogens is 182 g/mol. The van der Waals surface area contributed by atoms with Gasteiger partial charge in [0.25, 0.3) is 0 Å². The van der Waals surface area contributed by atoms with E-state index in [0.29, 0.717) is 17.2 Å². The third-order valence-electron chi connectivity index (χ3n) is 1.65. The molecule has 0 aliphatic heterocycles. The highest BCUT2D eigenvalue weighted by molar-refractivity contribution is 5.91. The molecule has 1 aromatic rings. The first kappa shape index (κ1) is 10.4. The van der Waals surface area contributed by atoms with Gasteiger partial charge in [0.1, 0.15) is 0 Å². The molecule has 1 aromatic carbocycles. The van der Waals surface area contributed by atoms with Gasteiger partial charge in [0.05, 0.1) is 19.9 Å². The van der Waals surface area contributed by atoms with Crippen molar-refractivity contribution >= 4 is 11.6 Å². The lowest BCUT2D eigenvalue weighted by atomic mass is 10.2. The van der Waals surface area contributed by atoms with Crippen LogP contribution in [-0.2, 0) is 4.79 Å². The zero-order valence-corrected chi connectivity index (χ0v) is 8.38. The molecule has 1 radical (unpaired) electrons. The van der Waals surface area contributed by atoms with E-state index in [1.54, 1.807) is 12.1 Å². The Morgan fingerprint density at radius 3 is 2.57 bits per heavy atom. The third-order valence-corrected chi connectivity index (χ3v) is 1.65. The maximum Gasteiger partial charge on any atom is 0.221 e. The highest BCUT2D eigenvalue weighted by Gasteiger charge is 2.09. The number of hydrogen-bond donors (Lipinski definition) is 1. The smallest absolute Gasteiger partial charge is 0.221 e. The van der Waals surface area contributed by atoms with Crippen molar-refractivity contribution in [1.82, 2.24) is 0 Å². The third kappa shape index (κ3) is 2.16. The van der Waals surface area contributed by atoms with Crippen molar-refractivity contribution in [2.24, 2.45) is 0 Å². The number of nitrogens with one attached hydrogen (secondary N) is 1. The first-order valence-corrected chi connectivity index (χ1v) is 4.08. The van der Waals surface area contributed by atoms with Crippen molar-refractivity contribution in [3.8, 4) is 11.5 Å². The van der Waals surface area contributed by atoms with E-state index in [-0.39, 0.29) is 5.91 Å². The van der Waals surface area contributed by atoms with Gasteiger partial charge in [-0.15, -0.1) is 0 Å². The minimum atomic E-state index is -0.162. The summed E-state index contributed by atoms with van der Waals surface area (Å²) in [5, 5.41) is 2.62. The standard InChI is InChI=1S/C10H12NO3/c1-7(12)11-8-5-4-6-9(13-2)10(8)14-3/h5-6H,1-3H3,(H,11,12). The predicted molar refractivity (Wildman–Crippen MR) is 52.7 cm³/mol. The van der Waals surface area contributed by atoms with E-state index in [9.17, 15) is 4.79 Å². The Kier molecular flexibility index (Phi) is 3.34. The van der Waals surface area contributed by atoms with Crippen LogP contribution >= 0.6 is 0 Å². The highest BCUT2D eigenvalue weighted by atomic mass is 16.5. The first-order chi connectivity index (χ1) is 6.69. The second-order valence-corrected chi connectivity index (χ2v) is 2.65. The number of hydrogen-bond acceptors (Lipinski definition) is 3. The molecule has 0 saturated carbocycles. The van der Waals surface area contributed by atoms with Gasteiger partial charge in [-0.25, -0.2) is 0 Å². The summed E-state index contributed by atoms with van der Waals surface area (Å²) in [5.74, 6) is 0.880. The zero-order valence-electron chi connectivity index (χ0n) is 8.38. The van der Waals surface area contributed by atoms with Crippen LogP contribution < -0.4 is 14.8 Å². The fraction of sp³-hybridized carbons (Fsp3) is 0.300. The van der Waals surface area contributed by atoms with Gasteiger partial charge in [-0.3, -0.25) is 4.79 Å². The van der Waals surface area contributed by atoms with Crippen LogP contribution in [0.15, 0.2) is 12.1 Å². The van der Waals surface area contributed by atoms with Crippen LogP contribution in [0.1, 0.15) is 6.92 Å². The van der Waals surface area contributed by atoms with Crippen LogP contribution in [0, 0.1) is 6.07 Å². The molecule has 14 heavy (non-hydrogen) atoms. The number of anilines is 1. The number of carbonyl (C=O) groups excluding carboxylic acids is 1. The number of rotatable bonds is 3. The molecule has 0 aromatic heterocycles. The molecule has 0 spiro atoms. The van der Waals surface area contributed by atoms with Crippen molar-refractivity contribution in [3.05, 3.63) is 18.2 Å². The molecular formula is C10H12NO3. The number of amides is 1. The van der Waals surface area contributed by atoms with Crippen LogP contribution in [0.3, 0.4) is 0 Å². The van der Waals surface area contributed by atoms with E-state index in [1.807, 2.05) is 0 Å². The number of methoxy groups -OCH3 is 2. The summed E-state index contributed by atoms with van der Waals surface area (Å²) in [7, 11) is 3.05. The summed E-state index contributed by atoms with van der Waals surface area (Å²) >= 11 is 0. The monoisotopic (exact) mass is 194 g/mol. The Morgan fingerprint density at radius 1 is 1.36 bits per heavy atom. The van der Waals surface area contributed by atoms with Crippen molar-refractivity contribution in [3.63, 3.8) is 0 Å². The molecule has 0 atom stereocenters. The van der Waals surface area contributed by atoms with E-state index in [1.165, 1.54) is 21.1 Å². The minimum Gasteiger partial charge on any atom is -0.493 e. The Labute approximate surface area is 82.8 Å². The average molecular weight is 194 g/mol. The van der Waals surface area contributed by atoms with Gasteiger partial charge >= 0.3 is 0 Å².